The van der Waals surface area contributed by atoms with Crippen molar-refractivity contribution in [2.45, 2.75) is 45.7 Å². The van der Waals surface area contributed by atoms with Crippen LogP contribution >= 0.6 is 0 Å². The van der Waals surface area contributed by atoms with E-state index >= 15 is 0 Å². The van der Waals surface area contributed by atoms with E-state index in [1.807, 2.05) is 13.8 Å². The molecule has 1 saturated heterocycles. The minimum Gasteiger partial charge on any atom is -0.352 e. The fourth-order valence-corrected chi connectivity index (χ4v) is 3.30. The number of nitrogens with one attached hydrogen (secondary N) is 2. The first-order valence-corrected chi connectivity index (χ1v) is 9.50. The fourth-order valence-electron chi connectivity index (χ4n) is 3.30. The number of halogens is 1. The van der Waals surface area contributed by atoms with Crippen LogP contribution in [0.1, 0.15) is 33.6 Å². The summed E-state index contributed by atoms with van der Waals surface area (Å²) in [5, 5.41) is 4.83. The molecule has 1 heterocycles. The second-order valence-electron chi connectivity index (χ2n) is 7.22. The van der Waals surface area contributed by atoms with Gasteiger partial charge in [-0.05, 0) is 25.7 Å². The van der Waals surface area contributed by atoms with Gasteiger partial charge in [-0.25, -0.2) is 4.39 Å². The van der Waals surface area contributed by atoms with Crippen LogP contribution in [0.2, 0.25) is 0 Å². The van der Waals surface area contributed by atoms with Crippen molar-refractivity contribution in [2.75, 3.05) is 33.4 Å². The SMILES string of the molecule is C/C(=C\[C@H](C(C)C)N(C)C(=O)CNC=O)C(=O)N1CCCC1C(=O)NCCF. The zero-order valence-corrected chi connectivity index (χ0v) is 17.0. The van der Waals surface area contributed by atoms with Crippen LogP contribution in [-0.2, 0) is 19.2 Å². The van der Waals surface area contributed by atoms with Crippen molar-refractivity contribution in [3.05, 3.63) is 11.6 Å². The van der Waals surface area contributed by atoms with Crippen molar-refractivity contribution in [1.82, 2.24) is 20.4 Å². The molecule has 28 heavy (non-hydrogen) atoms. The lowest BCUT2D eigenvalue weighted by molar-refractivity contribution is -0.135. The first kappa shape index (κ1) is 23.6. The molecular formula is C19H31FN4O4. The minimum atomic E-state index is -0.652. The first-order chi connectivity index (χ1) is 13.2. The van der Waals surface area contributed by atoms with Gasteiger partial charge < -0.3 is 20.4 Å². The summed E-state index contributed by atoms with van der Waals surface area (Å²) in [7, 11) is 1.62. The molecule has 1 rings (SSSR count). The van der Waals surface area contributed by atoms with Crippen LogP contribution in [0.15, 0.2) is 11.6 Å². The van der Waals surface area contributed by atoms with Crippen LogP contribution in [0.3, 0.4) is 0 Å². The average Bonchev–Trinajstić information content (AvgIpc) is 3.16. The Morgan fingerprint density at radius 1 is 1.32 bits per heavy atom. The molecule has 0 spiro atoms. The summed E-state index contributed by atoms with van der Waals surface area (Å²) in [6.45, 7) is 5.14. The van der Waals surface area contributed by atoms with Gasteiger partial charge in [-0.3, -0.25) is 19.2 Å². The summed E-state index contributed by atoms with van der Waals surface area (Å²) in [6, 6.07) is -0.942. The second-order valence-corrected chi connectivity index (χ2v) is 7.22. The third kappa shape index (κ3) is 6.31. The highest BCUT2D eigenvalue weighted by molar-refractivity contribution is 5.97. The van der Waals surface area contributed by atoms with Crippen molar-refractivity contribution >= 4 is 24.1 Å². The molecule has 0 saturated carbocycles. The summed E-state index contributed by atoms with van der Waals surface area (Å²) < 4.78 is 12.3. The Kier molecular flexibility index (Phi) is 9.61. The van der Waals surface area contributed by atoms with Gasteiger partial charge in [0.1, 0.15) is 12.7 Å². The lowest BCUT2D eigenvalue weighted by atomic mass is 9.99. The van der Waals surface area contributed by atoms with Crippen molar-refractivity contribution in [3.8, 4) is 0 Å². The molecule has 0 bridgehead atoms. The smallest absolute Gasteiger partial charge is 0.249 e. The molecule has 2 atom stereocenters. The predicted octanol–water partition coefficient (Wildman–Crippen LogP) is 0.238. The number of rotatable bonds is 10. The maximum Gasteiger partial charge on any atom is 0.249 e. The topological polar surface area (TPSA) is 98.8 Å². The Morgan fingerprint density at radius 2 is 2.00 bits per heavy atom. The van der Waals surface area contributed by atoms with Gasteiger partial charge in [0.05, 0.1) is 12.6 Å². The lowest BCUT2D eigenvalue weighted by Crippen LogP contribution is -2.47. The van der Waals surface area contributed by atoms with Crippen LogP contribution in [0.5, 0.6) is 0 Å². The lowest BCUT2D eigenvalue weighted by Gasteiger charge is -2.30. The number of hydrogen-bond donors (Lipinski definition) is 2. The number of carbonyl (C=O) groups is 4. The van der Waals surface area contributed by atoms with Gasteiger partial charge in [-0.1, -0.05) is 19.9 Å². The monoisotopic (exact) mass is 398 g/mol. The molecule has 8 nitrogen and oxygen atoms in total. The third-order valence-electron chi connectivity index (χ3n) is 4.83. The van der Waals surface area contributed by atoms with E-state index < -0.39 is 12.7 Å². The van der Waals surface area contributed by atoms with E-state index in [9.17, 15) is 23.6 Å². The van der Waals surface area contributed by atoms with E-state index in [0.717, 1.165) is 0 Å². The molecule has 4 amide bonds. The van der Waals surface area contributed by atoms with E-state index in [-0.39, 0.29) is 42.8 Å². The van der Waals surface area contributed by atoms with E-state index in [4.69, 9.17) is 0 Å². The largest absolute Gasteiger partial charge is 0.352 e. The van der Waals surface area contributed by atoms with Gasteiger partial charge in [-0.15, -0.1) is 0 Å². The molecule has 2 N–H and O–H groups in total. The first-order valence-electron chi connectivity index (χ1n) is 9.50. The van der Waals surface area contributed by atoms with Crippen LogP contribution in [-0.4, -0.2) is 79.4 Å². The molecule has 1 aliphatic heterocycles. The average molecular weight is 398 g/mol. The number of carbonyl (C=O) groups excluding carboxylic acids is 4. The maximum atomic E-state index is 12.9. The summed E-state index contributed by atoms with van der Waals surface area (Å²) >= 11 is 0. The molecule has 0 radical (unpaired) electrons. The van der Waals surface area contributed by atoms with E-state index in [1.165, 1.54) is 9.80 Å². The third-order valence-corrected chi connectivity index (χ3v) is 4.83. The van der Waals surface area contributed by atoms with Crippen molar-refractivity contribution in [3.63, 3.8) is 0 Å². The fraction of sp³-hybridized carbons (Fsp3) is 0.684. The molecule has 158 valence electrons. The van der Waals surface area contributed by atoms with E-state index in [1.54, 1.807) is 20.0 Å². The minimum absolute atomic E-state index is 0.0372. The van der Waals surface area contributed by atoms with Crippen LogP contribution in [0, 0.1) is 5.92 Å². The molecule has 1 fully saturated rings. The highest BCUT2D eigenvalue weighted by Crippen LogP contribution is 2.21. The Bertz CT molecular complexity index is 609. The molecular weight excluding hydrogens is 367 g/mol. The van der Waals surface area contributed by atoms with Crippen molar-refractivity contribution in [2.24, 2.45) is 5.92 Å². The number of amides is 4. The predicted molar refractivity (Wildman–Crippen MR) is 103 cm³/mol. The van der Waals surface area contributed by atoms with Gasteiger partial charge >= 0.3 is 0 Å². The molecule has 1 aliphatic rings. The summed E-state index contributed by atoms with van der Waals surface area (Å²) in [4.78, 5) is 50.7. The Labute approximate surface area is 165 Å². The zero-order chi connectivity index (χ0) is 21.3. The van der Waals surface area contributed by atoms with E-state index in [0.29, 0.717) is 31.4 Å². The molecule has 0 aliphatic carbocycles. The standard InChI is InChI=1S/C19H31FN4O4/c1-13(2)16(23(4)17(26)11-21-12-25)10-14(3)19(28)24-9-5-6-15(24)18(27)22-8-7-20/h10,12-13,15-16H,5-9,11H2,1-4H3,(H,21,25)(H,22,27)/b14-10+/t15?,16-/m1/s1. The Balaban J connectivity index is 2.92. The molecule has 0 aromatic rings. The molecule has 1 unspecified atom stereocenters. The number of nitrogens with zero attached hydrogens (tertiary/aromatic N) is 2. The van der Waals surface area contributed by atoms with Crippen molar-refractivity contribution < 1.29 is 23.6 Å². The summed E-state index contributed by atoms with van der Waals surface area (Å²) in [5.41, 5.74) is 0.437. The van der Waals surface area contributed by atoms with Crippen LogP contribution < -0.4 is 10.6 Å². The second kappa shape index (κ2) is 11.4. The van der Waals surface area contributed by atoms with Gasteiger partial charge in [0.2, 0.25) is 24.1 Å². The van der Waals surface area contributed by atoms with E-state index in [2.05, 4.69) is 10.6 Å². The van der Waals surface area contributed by atoms with Crippen molar-refractivity contribution in [1.29, 1.82) is 0 Å². The number of alkyl halides is 1. The molecule has 0 aromatic carbocycles. The number of likely N-dealkylation sites (N-methyl/N-ethyl adjacent to an activating group) is 1. The highest BCUT2D eigenvalue weighted by Gasteiger charge is 2.34. The normalized spacial score (nSPS) is 18.0. The van der Waals surface area contributed by atoms with Crippen LogP contribution in [0.25, 0.3) is 0 Å². The van der Waals surface area contributed by atoms with Gasteiger partial charge in [-0.2, -0.15) is 0 Å². The van der Waals surface area contributed by atoms with Gasteiger partial charge in [0.25, 0.3) is 0 Å². The zero-order valence-electron chi connectivity index (χ0n) is 17.0. The highest BCUT2D eigenvalue weighted by atomic mass is 19.1. The van der Waals surface area contributed by atoms with Crippen LogP contribution in [0.4, 0.5) is 4.39 Å². The number of likely N-dealkylation sites (tertiary alicyclic amines) is 1. The molecule has 0 aromatic heterocycles. The Morgan fingerprint density at radius 3 is 2.57 bits per heavy atom. The van der Waals surface area contributed by atoms with Gasteiger partial charge in [0, 0.05) is 25.7 Å². The summed E-state index contributed by atoms with van der Waals surface area (Å²) in [5.74, 6) is -0.846. The summed E-state index contributed by atoms with van der Waals surface area (Å²) in [6.07, 6.45) is 3.43. The quantitative estimate of drug-likeness (QED) is 0.407. The number of hydrogen-bond acceptors (Lipinski definition) is 4. The Hall–Kier alpha value is -2.45. The van der Waals surface area contributed by atoms with Gasteiger partial charge in [0.15, 0.2) is 0 Å². The molecule has 9 heteroatoms. The maximum absolute atomic E-state index is 12.9.